The van der Waals surface area contributed by atoms with E-state index in [0.717, 1.165) is 11.3 Å². The van der Waals surface area contributed by atoms with Gasteiger partial charge in [0, 0.05) is 28.6 Å². The molecule has 6 heteroatoms. The number of benzene rings is 3. The standard InChI is InChI=1S/C25H24N2O4/c1-3-31-23-7-5-4-6-18(23)10-17-24(28)26-20-11-8-19(9-12-20)25(29)27-21-13-15-22(30-2)16-14-21/h4-17H,3H2,1-2H3,(H,26,28)(H,27,29)/b17-10+. The number of methoxy groups -OCH3 is 1. The Balaban J connectivity index is 1.58. The summed E-state index contributed by atoms with van der Waals surface area (Å²) in [7, 11) is 1.59. The van der Waals surface area contributed by atoms with Crippen molar-refractivity contribution in [3.05, 3.63) is 90.0 Å². The fraction of sp³-hybridized carbons (Fsp3) is 0.120. The van der Waals surface area contributed by atoms with Gasteiger partial charge in [-0.25, -0.2) is 0 Å². The highest BCUT2D eigenvalue weighted by atomic mass is 16.5. The molecule has 2 N–H and O–H groups in total. The number of nitrogens with one attached hydrogen (secondary N) is 2. The van der Waals surface area contributed by atoms with Crippen molar-refractivity contribution in [2.75, 3.05) is 24.4 Å². The predicted octanol–water partition coefficient (Wildman–Crippen LogP) is 5.00. The first-order chi connectivity index (χ1) is 15.1. The van der Waals surface area contributed by atoms with E-state index >= 15 is 0 Å². The van der Waals surface area contributed by atoms with E-state index in [0.29, 0.717) is 29.3 Å². The molecule has 0 bridgehead atoms. The molecule has 3 aromatic rings. The normalized spacial score (nSPS) is 10.5. The third-order valence-corrected chi connectivity index (χ3v) is 4.40. The van der Waals surface area contributed by atoms with Gasteiger partial charge >= 0.3 is 0 Å². The zero-order valence-corrected chi connectivity index (χ0v) is 17.4. The van der Waals surface area contributed by atoms with Crippen molar-refractivity contribution in [1.82, 2.24) is 0 Å². The molecule has 0 atom stereocenters. The Morgan fingerprint density at radius 2 is 1.52 bits per heavy atom. The lowest BCUT2D eigenvalue weighted by molar-refractivity contribution is -0.111. The van der Waals surface area contributed by atoms with E-state index < -0.39 is 0 Å². The Bertz CT molecular complexity index is 1060. The van der Waals surface area contributed by atoms with Crippen LogP contribution in [0.3, 0.4) is 0 Å². The van der Waals surface area contributed by atoms with Gasteiger partial charge in [-0.05, 0) is 67.6 Å². The van der Waals surface area contributed by atoms with E-state index in [9.17, 15) is 9.59 Å². The molecular weight excluding hydrogens is 392 g/mol. The highest BCUT2D eigenvalue weighted by Gasteiger charge is 2.07. The molecular formula is C25H24N2O4. The number of ether oxygens (including phenoxy) is 2. The zero-order chi connectivity index (χ0) is 22.1. The van der Waals surface area contributed by atoms with Gasteiger partial charge in [0.2, 0.25) is 5.91 Å². The maximum Gasteiger partial charge on any atom is 0.255 e. The number of hydrogen-bond donors (Lipinski definition) is 2. The smallest absolute Gasteiger partial charge is 0.255 e. The van der Waals surface area contributed by atoms with Gasteiger partial charge in [0.15, 0.2) is 0 Å². The van der Waals surface area contributed by atoms with Gasteiger partial charge in [-0.2, -0.15) is 0 Å². The number of rotatable bonds is 8. The molecule has 3 rings (SSSR count). The SMILES string of the molecule is CCOc1ccccc1/C=C/C(=O)Nc1ccc(C(=O)Nc2ccc(OC)cc2)cc1. The van der Waals surface area contributed by atoms with E-state index in [1.807, 2.05) is 31.2 Å². The van der Waals surface area contributed by atoms with E-state index in [2.05, 4.69) is 10.6 Å². The maximum absolute atomic E-state index is 12.4. The molecule has 0 unspecified atom stereocenters. The van der Waals surface area contributed by atoms with E-state index in [-0.39, 0.29) is 11.8 Å². The molecule has 0 spiro atoms. The first-order valence-electron chi connectivity index (χ1n) is 9.85. The van der Waals surface area contributed by atoms with Gasteiger partial charge in [-0.1, -0.05) is 18.2 Å². The second kappa shape index (κ2) is 10.6. The van der Waals surface area contributed by atoms with Gasteiger partial charge in [-0.3, -0.25) is 9.59 Å². The number of para-hydroxylation sites is 1. The van der Waals surface area contributed by atoms with Crippen molar-refractivity contribution in [3.63, 3.8) is 0 Å². The Morgan fingerprint density at radius 1 is 0.871 bits per heavy atom. The first kappa shape index (κ1) is 21.6. The van der Waals surface area contributed by atoms with Crippen LogP contribution in [-0.4, -0.2) is 25.5 Å². The van der Waals surface area contributed by atoms with Gasteiger partial charge in [0.05, 0.1) is 13.7 Å². The van der Waals surface area contributed by atoms with Gasteiger partial charge in [0.1, 0.15) is 11.5 Å². The highest BCUT2D eigenvalue weighted by Crippen LogP contribution is 2.20. The summed E-state index contributed by atoms with van der Waals surface area (Å²) < 4.78 is 10.7. The van der Waals surface area contributed by atoms with Crippen LogP contribution in [0.4, 0.5) is 11.4 Å². The van der Waals surface area contributed by atoms with Crippen molar-refractivity contribution in [3.8, 4) is 11.5 Å². The lowest BCUT2D eigenvalue weighted by Gasteiger charge is -2.08. The summed E-state index contributed by atoms with van der Waals surface area (Å²) in [6.07, 6.45) is 3.15. The molecule has 6 nitrogen and oxygen atoms in total. The van der Waals surface area contributed by atoms with Crippen molar-refractivity contribution >= 4 is 29.3 Å². The number of anilines is 2. The molecule has 0 aliphatic heterocycles. The fourth-order valence-electron chi connectivity index (χ4n) is 2.84. The average molecular weight is 416 g/mol. The molecule has 0 radical (unpaired) electrons. The zero-order valence-electron chi connectivity index (χ0n) is 17.4. The van der Waals surface area contributed by atoms with Crippen LogP contribution in [0.5, 0.6) is 11.5 Å². The largest absolute Gasteiger partial charge is 0.497 e. The molecule has 0 saturated carbocycles. The molecule has 0 aromatic heterocycles. The van der Waals surface area contributed by atoms with Gasteiger partial charge in [0.25, 0.3) is 5.91 Å². The number of carbonyl (C=O) groups is 2. The molecule has 2 amide bonds. The summed E-state index contributed by atoms with van der Waals surface area (Å²) in [5.74, 6) is 0.923. The summed E-state index contributed by atoms with van der Waals surface area (Å²) >= 11 is 0. The minimum Gasteiger partial charge on any atom is -0.497 e. The molecule has 158 valence electrons. The van der Waals surface area contributed by atoms with Crippen LogP contribution in [0.2, 0.25) is 0 Å². The van der Waals surface area contributed by atoms with Crippen LogP contribution in [0.1, 0.15) is 22.8 Å². The minimum atomic E-state index is -0.276. The summed E-state index contributed by atoms with van der Waals surface area (Å²) in [6.45, 7) is 2.46. The molecule has 0 saturated heterocycles. The lowest BCUT2D eigenvalue weighted by atomic mass is 10.1. The highest BCUT2D eigenvalue weighted by molar-refractivity contribution is 6.05. The monoisotopic (exact) mass is 416 g/mol. The lowest BCUT2D eigenvalue weighted by Crippen LogP contribution is -2.12. The second-order valence-corrected chi connectivity index (χ2v) is 6.55. The molecule has 0 aliphatic rings. The summed E-state index contributed by atoms with van der Waals surface area (Å²) in [4.78, 5) is 24.6. The number of carbonyl (C=O) groups excluding carboxylic acids is 2. The van der Waals surface area contributed by atoms with Crippen LogP contribution in [0.15, 0.2) is 78.9 Å². The molecule has 3 aromatic carbocycles. The predicted molar refractivity (Wildman–Crippen MR) is 123 cm³/mol. The van der Waals surface area contributed by atoms with Crippen LogP contribution in [0, 0.1) is 0 Å². The summed E-state index contributed by atoms with van der Waals surface area (Å²) in [6, 6.07) is 21.3. The quantitative estimate of drug-likeness (QED) is 0.507. The fourth-order valence-corrected chi connectivity index (χ4v) is 2.84. The van der Waals surface area contributed by atoms with Crippen molar-refractivity contribution in [2.45, 2.75) is 6.92 Å². The van der Waals surface area contributed by atoms with E-state index in [4.69, 9.17) is 9.47 Å². The Labute approximate surface area is 181 Å². The van der Waals surface area contributed by atoms with E-state index in [1.54, 1.807) is 61.7 Å². The Kier molecular flexibility index (Phi) is 7.43. The summed E-state index contributed by atoms with van der Waals surface area (Å²) in [5, 5.41) is 5.60. The average Bonchev–Trinajstić information content (AvgIpc) is 2.79. The van der Waals surface area contributed by atoms with Crippen molar-refractivity contribution in [1.29, 1.82) is 0 Å². The third kappa shape index (κ3) is 6.21. The first-order valence-corrected chi connectivity index (χ1v) is 9.85. The second-order valence-electron chi connectivity index (χ2n) is 6.55. The van der Waals surface area contributed by atoms with Crippen LogP contribution in [-0.2, 0) is 4.79 Å². The third-order valence-electron chi connectivity index (χ3n) is 4.40. The number of amides is 2. The van der Waals surface area contributed by atoms with Crippen molar-refractivity contribution in [2.24, 2.45) is 0 Å². The van der Waals surface area contributed by atoms with Crippen LogP contribution < -0.4 is 20.1 Å². The Hall–Kier alpha value is -4.06. The van der Waals surface area contributed by atoms with Crippen LogP contribution in [0.25, 0.3) is 6.08 Å². The topological polar surface area (TPSA) is 76.7 Å². The van der Waals surface area contributed by atoms with Gasteiger partial charge < -0.3 is 20.1 Å². The maximum atomic E-state index is 12.4. The van der Waals surface area contributed by atoms with Crippen LogP contribution >= 0.6 is 0 Å². The Morgan fingerprint density at radius 3 is 2.19 bits per heavy atom. The molecule has 0 heterocycles. The van der Waals surface area contributed by atoms with Gasteiger partial charge in [-0.15, -0.1) is 0 Å². The molecule has 0 fully saturated rings. The minimum absolute atomic E-state index is 0.240. The van der Waals surface area contributed by atoms with Crippen molar-refractivity contribution < 1.29 is 19.1 Å². The molecule has 31 heavy (non-hydrogen) atoms. The van der Waals surface area contributed by atoms with E-state index in [1.165, 1.54) is 6.08 Å². The summed E-state index contributed by atoms with van der Waals surface area (Å²) in [5.41, 5.74) is 2.56. The molecule has 0 aliphatic carbocycles. The number of hydrogen-bond acceptors (Lipinski definition) is 4.